The molecule has 0 aliphatic carbocycles. The van der Waals surface area contributed by atoms with Crippen LogP contribution >= 0.6 is 23.2 Å². The first-order valence-corrected chi connectivity index (χ1v) is 7.22. The number of benzene rings is 2. The van der Waals surface area contributed by atoms with Crippen molar-refractivity contribution in [1.29, 1.82) is 0 Å². The van der Waals surface area contributed by atoms with Crippen molar-refractivity contribution < 1.29 is 4.74 Å². The van der Waals surface area contributed by atoms with E-state index in [1.807, 2.05) is 37.3 Å². The third-order valence-electron chi connectivity index (χ3n) is 2.93. The summed E-state index contributed by atoms with van der Waals surface area (Å²) in [5, 5.41) is 1.23. The fourth-order valence-electron chi connectivity index (χ4n) is 1.92. The van der Waals surface area contributed by atoms with Gasteiger partial charge in [-0.1, -0.05) is 41.4 Å². The molecular weight excluding hydrogens is 293 g/mol. The molecule has 106 valence electrons. The molecule has 0 saturated heterocycles. The second kappa shape index (κ2) is 6.98. The Morgan fingerprint density at radius 3 is 2.20 bits per heavy atom. The smallest absolute Gasteiger partial charge is 0.119 e. The van der Waals surface area contributed by atoms with E-state index in [-0.39, 0.29) is 6.04 Å². The lowest BCUT2D eigenvalue weighted by atomic mass is 10.1. The number of hydrogen-bond acceptors (Lipinski definition) is 2. The maximum absolute atomic E-state index is 6.10. The molecule has 0 amide bonds. The highest BCUT2D eigenvalue weighted by atomic mass is 35.5. The zero-order valence-electron chi connectivity index (χ0n) is 11.3. The Bertz CT molecular complexity index is 547. The zero-order chi connectivity index (χ0) is 14.5. The molecule has 2 nitrogen and oxygen atoms in total. The molecule has 4 heteroatoms. The molecule has 0 aromatic heterocycles. The van der Waals surface area contributed by atoms with Crippen LogP contribution in [0.2, 0.25) is 10.0 Å². The molecule has 2 aromatic carbocycles. The summed E-state index contributed by atoms with van der Waals surface area (Å²) in [7, 11) is 0. The standard InChI is InChI=1S/C16H17Cl2NO/c1-11(19)9-12-5-7-13(8-6-12)20-10-14-15(17)3-2-4-16(14)18/h2-8,11H,9-10,19H2,1H3/t11-/m1/s1. The summed E-state index contributed by atoms with van der Waals surface area (Å²) >= 11 is 12.2. The molecule has 0 aliphatic heterocycles. The Morgan fingerprint density at radius 2 is 1.65 bits per heavy atom. The quantitative estimate of drug-likeness (QED) is 0.885. The van der Waals surface area contributed by atoms with Crippen LogP contribution in [0.15, 0.2) is 42.5 Å². The highest BCUT2D eigenvalue weighted by molar-refractivity contribution is 6.35. The first kappa shape index (κ1) is 15.2. The van der Waals surface area contributed by atoms with Crippen molar-refractivity contribution in [3.05, 3.63) is 63.6 Å². The number of hydrogen-bond donors (Lipinski definition) is 1. The van der Waals surface area contributed by atoms with Gasteiger partial charge >= 0.3 is 0 Å². The van der Waals surface area contributed by atoms with Crippen molar-refractivity contribution in [2.45, 2.75) is 26.0 Å². The fourth-order valence-corrected chi connectivity index (χ4v) is 2.43. The van der Waals surface area contributed by atoms with Crippen LogP contribution in [0.3, 0.4) is 0 Å². The Labute approximate surface area is 129 Å². The Morgan fingerprint density at radius 1 is 1.05 bits per heavy atom. The van der Waals surface area contributed by atoms with Crippen LogP contribution in [0, 0.1) is 0 Å². The number of rotatable bonds is 5. The van der Waals surface area contributed by atoms with Crippen LogP contribution in [0.4, 0.5) is 0 Å². The Kier molecular flexibility index (Phi) is 5.30. The topological polar surface area (TPSA) is 35.2 Å². The minimum Gasteiger partial charge on any atom is -0.489 e. The third-order valence-corrected chi connectivity index (χ3v) is 3.63. The second-order valence-electron chi connectivity index (χ2n) is 4.81. The molecule has 0 radical (unpaired) electrons. The minimum atomic E-state index is 0.156. The van der Waals surface area contributed by atoms with Crippen LogP contribution in [-0.2, 0) is 13.0 Å². The minimum absolute atomic E-state index is 0.156. The molecule has 2 N–H and O–H groups in total. The molecule has 0 bridgehead atoms. The van der Waals surface area contributed by atoms with Crippen molar-refractivity contribution in [3.63, 3.8) is 0 Å². The van der Waals surface area contributed by atoms with Gasteiger partial charge in [-0.2, -0.15) is 0 Å². The highest BCUT2D eigenvalue weighted by Gasteiger charge is 2.06. The summed E-state index contributed by atoms with van der Waals surface area (Å²) in [6.07, 6.45) is 0.858. The van der Waals surface area contributed by atoms with E-state index in [9.17, 15) is 0 Å². The SMILES string of the molecule is C[C@@H](N)Cc1ccc(OCc2c(Cl)cccc2Cl)cc1. The van der Waals surface area contributed by atoms with E-state index in [0.29, 0.717) is 16.7 Å². The van der Waals surface area contributed by atoms with Gasteiger partial charge in [-0.3, -0.25) is 0 Å². The molecule has 0 fully saturated rings. The molecule has 0 saturated carbocycles. The van der Waals surface area contributed by atoms with Crippen LogP contribution in [0.5, 0.6) is 5.75 Å². The molecule has 1 atom stereocenters. The lowest BCUT2D eigenvalue weighted by Crippen LogP contribution is -2.17. The molecule has 0 aliphatic rings. The van der Waals surface area contributed by atoms with Gasteiger partial charge in [-0.15, -0.1) is 0 Å². The average molecular weight is 310 g/mol. The Hall–Kier alpha value is -1.22. The monoisotopic (exact) mass is 309 g/mol. The lowest BCUT2D eigenvalue weighted by Gasteiger charge is -2.10. The van der Waals surface area contributed by atoms with Crippen LogP contribution in [0.25, 0.3) is 0 Å². The van der Waals surface area contributed by atoms with E-state index in [4.69, 9.17) is 33.7 Å². The van der Waals surface area contributed by atoms with Gasteiger partial charge in [0.25, 0.3) is 0 Å². The van der Waals surface area contributed by atoms with E-state index in [2.05, 4.69) is 0 Å². The number of halogens is 2. The van der Waals surface area contributed by atoms with Gasteiger partial charge in [0.2, 0.25) is 0 Å². The van der Waals surface area contributed by atoms with E-state index >= 15 is 0 Å². The van der Waals surface area contributed by atoms with Gasteiger partial charge in [0.1, 0.15) is 12.4 Å². The maximum Gasteiger partial charge on any atom is 0.119 e. The molecule has 0 spiro atoms. The predicted molar refractivity (Wildman–Crippen MR) is 84.6 cm³/mol. The molecule has 0 heterocycles. The van der Waals surface area contributed by atoms with Crippen LogP contribution in [-0.4, -0.2) is 6.04 Å². The normalized spacial score (nSPS) is 12.2. The maximum atomic E-state index is 6.10. The first-order valence-electron chi connectivity index (χ1n) is 6.46. The summed E-state index contributed by atoms with van der Waals surface area (Å²) in [6, 6.07) is 13.5. The lowest BCUT2D eigenvalue weighted by molar-refractivity contribution is 0.306. The molecular formula is C16H17Cl2NO. The number of ether oxygens (including phenoxy) is 1. The largest absolute Gasteiger partial charge is 0.489 e. The molecule has 2 rings (SSSR count). The summed E-state index contributed by atoms with van der Waals surface area (Å²) in [6.45, 7) is 2.34. The van der Waals surface area contributed by atoms with Crippen molar-refractivity contribution in [3.8, 4) is 5.75 Å². The summed E-state index contributed by atoms with van der Waals surface area (Å²) < 4.78 is 5.71. The third kappa shape index (κ3) is 4.14. The van der Waals surface area contributed by atoms with E-state index in [1.54, 1.807) is 12.1 Å². The highest BCUT2D eigenvalue weighted by Crippen LogP contribution is 2.26. The van der Waals surface area contributed by atoms with Crippen LogP contribution in [0.1, 0.15) is 18.1 Å². The van der Waals surface area contributed by atoms with Gasteiger partial charge in [0, 0.05) is 21.7 Å². The number of nitrogens with two attached hydrogens (primary N) is 1. The summed E-state index contributed by atoms with van der Waals surface area (Å²) in [4.78, 5) is 0. The average Bonchev–Trinajstić information content (AvgIpc) is 2.39. The van der Waals surface area contributed by atoms with Gasteiger partial charge in [0.05, 0.1) is 0 Å². The van der Waals surface area contributed by atoms with Crippen LogP contribution < -0.4 is 10.5 Å². The fraction of sp³-hybridized carbons (Fsp3) is 0.250. The summed E-state index contributed by atoms with van der Waals surface area (Å²) in [5.74, 6) is 0.786. The molecule has 20 heavy (non-hydrogen) atoms. The van der Waals surface area contributed by atoms with Crippen molar-refractivity contribution in [2.24, 2.45) is 5.73 Å². The second-order valence-corrected chi connectivity index (χ2v) is 5.63. The zero-order valence-corrected chi connectivity index (χ0v) is 12.8. The van der Waals surface area contributed by atoms with Gasteiger partial charge in [-0.05, 0) is 43.2 Å². The molecule has 0 unspecified atom stereocenters. The van der Waals surface area contributed by atoms with Gasteiger partial charge in [0.15, 0.2) is 0 Å². The van der Waals surface area contributed by atoms with Gasteiger partial charge < -0.3 is 10.5 Å². The van der Waals surface area contributed by atoms with E-state index in [1.165, 1.54) is 5.56 Å². The predicted octanol–water partition coefficient (Wildman–Crippen LogP) is 4.46. The van der Waals surface area contributed by atoms with E-state index < -0.39 is 0 Å². The van der Waals surface area contributed by atoms with Crippen molar-refractivity contribution in [1.82, 2.24) is 0 Å². The van der Waals surface area contributed by atoms with Crippen molar-refractivity contribution in [2.75, 3.05) is 0 Å². The first-order chi connectivity index (χ1) is 9.56. The molecule has 2 aromatic rings. The Balaban J connectivity index is 2.00. The van der Waals surface area contributed by atoms with Crippen molar-refractivity contribution >= 4 is 23.2 Å². The van der Waals surface area contributed by atoms with Gasteiger partial charge in [-0.25, -0.2) is 0 Å². The summed E-state index contributed by atoms with van der Waals surface area (Å²) in [5.41, 5.74) is 7.77. The van der Waals surface area contributed by atoms with E-state index in [0.717, 1.165) is 17.7 Å².